The van der Waals surface area contributed by atoms with Crippen molar-refractivity contribution in [3.63, 3.8) is 0 Å². The van der Waals surface area contributed by atoms with Crippen LogP contribution in [-0.4, -0.2) is 15.2 Å². The fourth-order valence-corrected chi connectivity index (χ4v) is 1.25. The van der Waals surface area contributed by atoms with Crippen molar-refractivity contribution in [1.82, 2.24) is 9.97 Å². The Morgan fingerprint density at radius 1 is 1.36 bits per heavy atom. The van der Waals surface area contributed by atoms with Gasteiger partial charge in [-0.2, -0.15) is 0 Å². The Hall–Kier alpha value is -0.770. The van der Waals surface area contributed by atoms with Crippen LogP contribution in [0.1, 0.15) is 13.8 Å². The molecule has 0 spiro atoms. The van der Waals surface area contributed by atoms with Gasteiger partial charge in [0.1, 0.15) is 0 Å². The first-order valence-corrected chi connectivity index (χ1v) is 4.30. The van der Waals surface area contributed by atoms with E-state index in [0.717, 1.165) is 5.16 Å². The number of nitrogens with zero attached hydrogens (tertiary/aromatic N) is 2. The van der Waals surface area contributed by atoms with E-state index in [0.29, 0.717) is 10.9 Å². The summed E-state index contributed by atoms with van der Waals surface area (Å²) < 4.78 is 0. The third-order valence-corrected chi connectivity index (χ3v) is 1.88. The van der Waals surface area contributed by atoms with Gasteiger partial charge in [0, 0.05) is 5.25 Å². The lowest BCUT2D eigenvalue weighted by atomic mass is 10.6. The number of hydrogen-bond acceptors (Lipinski definition) is 4. The molecular formula is C7H11N3S. The van der Waals surface area contributed by atoms with Crippen molar-refractivity contribution in [1.29, 1.82) is 0 Å². The number of aromatic nitrogens is 2. The van der Waals surface area contributed by atoms with Gasteiger partial charge in [0.05, 0.1) is 18.1 Å². The molecule has 0 fully saturated rings. The zero-order valence-corrected chi connectivity index (χ0v) is 7.43. The average molecular weight is 169 g/mol. The summed E-state index contributed by atoms with van der Waals surface area (Å²) in [4.78, 5) is 8.09. The van der Waals surface area contributed by atoms with Crippen molar-refractivity contribution in [3.8, 4) is 0 Å². The molecule has 3 nitrogen and oxygen atoms in total. The number of rotatable bonds is 2. The van der Waals surface area contributed by atoms with E-state index in [9.17, 15) is 0 Å². The molecule has 0 atom stereocenters. The first-order valence-electron chi connectivity index (χ1n) is 3.42. The second-order valence-electron chi connectivity index (χ2n) is 2.47. The summed E-state index contributed by atoms with van der Waals surface area (Å²) in [7, 11) is 0. The predicted octanol–water partition coefficient (Wildman–Crippen LogP) is 1.56. The van der Waals surface area contributed by atoms with Crippen LogP contribution >= 0.6 is 11.8 Å². The van der Waals surface area contributed by atoms with E-state index in [1.54, 1.807) is 24.2 Å². The predicted molar refractivity (Wildman–Crippen MR) is 47.4 cm³/mol. The van der Waals surface area contributed by atoms with Crippen molar-refractivity contribution in [2.75, 3.05) is 5.73 Å². The van der Waals surface area contributed by atoms with Crippen LogP contribution in [0.3, 0.4) is 0 Å². The maximum Gasteiger partial charge on any atom is 0.187 e. The molecule has 0 aliphatic rings. The van der Waals surface area contributed by atoms with Crippen molar-refractivity contribution in [2.24, 2.45) is 0 Å². The average Bonchev–Trinajstić information content (AvgIpc) is 1.93. The van der Waals surface area contributed by atoms with Crippen molar-refractivity contribution in [2.45, 2.75) is 24.3 Å². The highest BCUT2D eigenvalue weighted by Gasteiger charge is 1.99. The zero-order chi connectivity index (χ0) is 8.27. The zero-order valence-electron chi connectivity index (χ0n) is 6.61. The molecule has 1 aromatic heterocycles. The number of thioether (sulfide) groups is 1. The number of hydrogen-bond donors (Lipinski definition) is 1. The van der Waals surface area contributed by atoms with Crippen LogP contribution < -0.4 is 5.73 Å². The summed E-state index contributed by atoms with van der Waals surface area (Å²) in [6, 6.07) is 0. The van der Waals surface area contributed by atoms with Gasteiger partial charge >= 0.3 is 0 Å². The van der Waals surface area contributed by atoms with Crippen LogP contribution in [0, 0.1) is 0 Å². The van der Waals surface area contributed by atoms with Crippen molar-refractivity contribution < 1.29 is 0 Å². The number of nitrogen functional groups attached to an aromatic ring is 1. The molecule has 4 heteroatoms. The van der Waals surface area contributed by atoms with Crippen LogP contribution in [-0.2, 0) is 0 Å². The maximum atomic E-state index is 5.42. The lowest BCUT2D eigenvalue weighted by Gasteiger charge is -2.01. The largest absolute Gasteiger partial charge is 0.396 e. The molecule has 0 aromatic carbocycles. The van der Waals surface area contributed by atoms with Crippen molar-refractivity contribution in [3.05, 3.63) is 12.4 Å². The summed E-state index contributed by atoms with van der Waals surface area (Å²) in [5.41, 5.74) is 6.03. The van der Waals surface area contributed by atoms with Gasteiger partial charge < -0.3 is 5.73 Å². The van der Waals surface area contributed by atoms with E-state index in [4.69, 9.17) is 5.73 Å². The van der Waals surface area contributed by atoms with Crippen molar-refractivity contribution >= 4 is 17.4 Å². The maximum absolute atomic E-state index is 5.42. The third-order valence-electron chi connectivity index (χ3n) is 0.989. The molecule has 1 aromatic rings. The summed E-state index contributed by atoms with van der Waals surface area (Å²) in [6.07, 6.45) is 3.25. The summed E-state index contributed by atoms with van der Waals surface area (Å²) >= 11 is 1.63. The molecule has 0 saturated carbocycles. The molecule has 0 aliphatic heterocycles. The molecule has 1 heterocycles. The van der Waals surface area contributed by atoms with Crippen LogP contribution in [0.5, 0.6) is 0 Å². The molecule has 0 bridgehead atoms. The van der Waals surface area contributed by atoms with Gasteiger partial charge in [0.15, 0.2) is 5.16 Å². The van der Waals surface area contributed by atoms with E-state index in [2.05, 4.69) is 23.8 Å². The first kappa shape index (κ1) is 8.33. The number of nitrogens with two attached hydrogens (primary N) is 1. The fraction of sp³-hybridized carbons (Fsp3) is 0.429. The van der Waals surface area contributed by atoms with Gasteiger partial charge in [-0.3, -0.25) is 0 Å². The van der Waals surface area contributed by atoms with Crippen LogP contribution in [0.2, 0.25) is 0 Å². The highest BCUT2D eigenvalue weighted by atomic mass is 32.2. The summed E-state index contributed by atoms with van der Waals surface area (Å²) in [5, 5.41) is 1.30. The second-order valence-corrected chi connectivity index (χ2v) is 4.01. The molecular weight excluding hydrogens is 158 g/mol. The minimum Gasteiger partial charge on any atom is -0.396 e. The Labute approximate surface area is 70.4 Å². The van der Waals surface area contributed by atoms with Gasteiger partial charge in [-0.15, -0.1) is 0 Å². The first-order chi connectivity index (χ1) is 5.18. The van der Waals surface area contributed by atoms with Gasteiger partial charge in [-0.1, -0.05) is 25.6 Å². The minimum atomic E-state index is 0.513. The molecule has 0 radical (unpaired) electrons. The third kappa shape index (κ3) is 2.76. The topological polar surface area (TPSA) is 51.8 Å². The molecule has 11 heavy (non-hydrogen) atoms. The Kier molecular flexibility index (Phi) is 2.70. The van der Waals surface area contributed by atoms with E-state index < -0.39 is 0 Å². The molecule has 0 saturated heterocycles. The van der Waals surface area contributed by atoms with E-state index in [-0.39, 0.29) is 0 Å². The second kappa shape index (κ2) is 3.57. The quantitative estimate of drug-likeness (QED) is 0.539. The van der Waals surface area contributed by atoms with E-state index >= 15 is 0 Å². The molecule has 60 valence electrons. The summed E-state index contributed by atoms with van der Waals surface area (Å²) in [5.74, 6) is 0. The smallest absolute Gasteiger partial charge is 0.187 e. The summed E-state index contributed by atoms with van der Waals surface area (Å²) in [6.45, 7) is 4.20. The molecule has 0 aliphatic carbocycles. The SMILES string of the molecule is CC(C)Sc1ncc(N)cn1. The molecule has 1 rings (SSSR count). The van der Waals surface area contributed by atoms with E-state index in [1.807, 2.05) is 0 Å². The lowest BCUT2D eigenvalue weighted by molar-refractivity contribution is 0.957. The normalized spacial score (nSPS) is 10.5. The molecule has 0 amide bonds. The Morgan fingerprint density at radius 3 is 2.36 bits per heavy atom. The minimum absolute atomic E-state index is 0.513. The molecule has 2 N–H and O–H groups in total. The van der Waals surface area contributed by atoms with Gasteiger partial charge in [0.25, 0.3) is 0 Å². The monoisotopic (exact) mass is 169 g/mol. The van der Waals surface area contributed by atoms with Crippen LogP contribution in [0.25, 0.3) is 0 Å². The molecule has 0 unspecified atom stereocenters. The highest BCUT2D eigenvalue weighted by Crippen LogP contribution is 2.17. The highest BCUT2D eigenvalue weighted by molar-refractivity contribution is 7.99. The number of anilines is 1. The van der Waals surface area contributed by atoms with E-state index in [1.165, 1.54) is 0 Å². The van der Waals surface area contributed by atoms with Gasteiger partial charge in [0.2, 0.25) is 0 Å². The standard InChI is InChI=1S/C7H11N3S/c1-5(2)11-7-9-3-6(8)4-10-7/h3-5H,8H2,1-2H3. The Balaban J connectivity index is 2.66. The lowest BCUT2D eigenvalue weighted by Crippen LogP contribution is -1.94. The Bertz CT molecular complexity index is 220. The van der Waals surface area contributed by atoms with Crippen LogP contribution in [0.4, 0.5) is 5.69 Å². The Morgan fingerprint density at radius 2 is 1.91 bits per heavy atom. The van der Waals surface area contributed by atoms with Gasteiger partial charge in [-0.05, 0) is 0 Å². The van der Waals surface area contributed by atoms with Crippen LogP contribution in [0.15, 0.2) is 17.6 Å². The fourth-order valence-electron chi connectivity index (χ4n) is 0.598. The van der Waals surface area contributed by atoms with Gasteiger partial charge in [-0.25, -0.2) is 9.97 Å².